The molecule has 0 saturated carbocycles. The zero-order valence-electron chi connectivity index (χ0n) is 10.8. The number of methoxy groups -OCH3 is 1. The second-order valence-electron chi connectivity index (χ2n) is 4.21. The fourth-order valence-corrected chi connectivity index (χ4v) is 2.01. The molecule has 88 valence electrons. The van der Waals surface area contributed by atoms with E-state index in [2.05, 4.69) is 26.8 Å². The molecule has 0 spiro atoms. The standard InChI is InChI=1S/C14H20O2/c1-6-12(14(15)16-5)13-8-7-9(2)10(3)11(13)4/h7-8,12H,6H2,1-5H3. The number of ether oxygens (including phenoxy) is 1. The quantitative estimate of drug-likeness (QED) is 0.731. The van der Waals surface area contributed by atoms with E-state index >= 15 is 0 Å². The first-order chi connectivity index (χ1) is 7.52. The third-order valence-corrected chi connectivity index (χ3v) is 3.37. The highest BCUT2D eigenvalue weighted by atomic mass is 16.5. The van der Waals surface area contributed by atoms with Gasteiger partial charge in [-0.05, 0) is 49.4 Å². The van der Waals surface area contributed by atoms with Gasteiger partial charge >= 0.3 is 5.97 Å². The molecule has 1 rings (SSSR count). The van der Waals surface area contributed by atoms with Gasteiger partial charge in [-0.15, -0.1) is 0 Å². The van der Waals surface area contributed by atoms with Gasteiger partial charge in [-0.3, -0.25) is 4.79 Å². The van der Waals surface area contributed by atoms with E-state index in [0.29, 0.717) is 0 Å². The van der Waals surface area contributed by atoms with Crippen molar-refractivity contribution in [3.63, 3.8) is 0 Å². The van der Waals surface area contributed by atoms with Crippen LogP contribution < -0.4 is 0 Å². The summed E-state index contributed by atoms with van der Waals surface area (Å²) in [5.74, 6) is -0.279. The Morgan fingerprint density at radius 1 is 1.25 bits per heavy atom. The lowest BCUT2D eigenvalue weighted by Gasteiger charge is -2.18. The molecule has 0 radical (unpaired) electrons. The highest BCUT2D eigenvalue weighted by Gasteiger charge is 2.21. The van der Waals surface area contributed by atoms with Gasteiger partial charge in [-0.1, -0.05) is 19.1 Å². The van der Waals surface area contributed by atoms with Crippen LogP contribution in [0.2, 0.25) is 0 Å². The van der Waals surface area contributed by atoms with E-state index in [0.717, 1.165) is 12.0 Å². The number of carbonyl (C=O) groups excluding carboxylic acids is 1. The van der Waals surface area contributed by atoms with Crippen LogP contribution in [-0.2, 0) is 9.53 Å². The first-order valence-corrected chi connectivity index (χ1v) is 5.67. The maximum Gasteiger partial charge on any atom is 0.313 e. The molecule has 1 unspecified atom stereocenters. The van der Waals surface area contributed by atoms with Gasteiger partial charge in [0.25, 0.3) is 0 Å². The Morgan fingerprint density at radius 3 is 2.38 bits per heavy atom. The van der Waals surface area contributed by atoms with E-state index < -0.39 is 0 Å². The van der Waals surface area contributed by atoms with Gasteiger partial charge in [0.05, 0.1) is 13.0 Å². The minimum Gasteiger partial charge on any atom is -0.469 e. The van der Waals surface area contributed by atoms with Crippen LogP contribution in [0.3, 0.4) is 0 Å². The molecular weight excluding hydrogens is 200 g/mol. The zero-order chi connectivity index (χ0) is 12.3. The second-order valence-corrected chi connectivity index (χ2v) is 4.21. The average molecular weight is 220 g/mol. The molecule has 0 bridgehead atoms. The Kier molecular flexibility index (Phi) is 4.11. The second kappa shape index (κ2) is 5.15. The molecule has 0 amide bonds. The van der Waals surface area contributed by atoms with Crippen LogP contribution in [0.25, 0.3) is 0 Å². The van der Waals surface area contributed by atoms with Crippen molar-refractivity contribution in [2.45, 2.75) is 40.0 Å². The highest BCUT2D eigenvalue weighted by molar-refractivity contribution is 5.78. The van der Waals surface area contributed by atoms with Crippen molar-refractivity contribution in [2.75, 3.05) is 7.11 Å². The number of carbonyl (C=O) groups is 1. The summed E-state index contributed by atoms with van der Waals surface area (Å²) in [5, 5.41) is 0. The van der Waals surface area contributed by atoms with Crippen LogP contribution in [0, 0.1) is 20.8 Å². The molecule has 1 aromatic rings. The van der Waals surface area contributed by atoms with Crippen LogP contribution in [0.15, 0.2) is 12.1 Å². The first kappa shape index (κ1) is 12.8. The smallest absolute Gasteiger partial charge is 0.313 e. The van der Waals surface area contributed by atoms with Crippen LogP contribution in [-0.4, -0.2) is 13.1 Å². The molecule has 0 aliphatic heterocycles. The molecule has 2 heteroatoms. The monoisotopic (exact) mass is 220 g/mol. The SMILES string of the molecule is CCC(C(=O)OC)c1ccc(C)c(C)c1C. The predicted octanol–water partition coefficient (Wildman–Crippen LogP) is 3.28. The number of hydrogen-bond acceptors (Lipinski definition) is 2. The minimum atomic E-state index is -0.145. The fraction of sp³-hybridized carbons (Fsp3) is 0.500. The highest BCUT2D eigenvalue weighted by Crippen LogP contribution is 2.27. The van der Waals surface area contributed by atoms with Gasteiger partial charge in [0.2, 0.25) is 0 Å². The Labute approximate surface area is 97.6 Å². The molecule has 0 heterocycles. The van der Waals surface area contributed by atoms with Crippen LogP contribution >= 0.6 is 0 Å². The van der Waals surface area contributed by atoms with Gasteiger partial charge in [-0.2, -0.15) is 0 Å². The van der Waals surface area contributed by atoms with E-state index in [1.807, 2.05) is 13.0 Å². The zero-order valence-corrected chi connectivity index (χ0v) is 10.8. The number of benzene rings is 1. The van der Waals surface area contributed by atoms with E-state index in [9.17, 15) is 4.79 Å². The fourth-order valence-electron chi connectivity index (χ4n) is 2.01. The van der Waals surface area contributed by atoms with Crippen LogP contribution in [0.1, 0.15) is 41.5 Å². The molecule has 0 N–H and O–H groups in total. The van der Waals surface area contributed by atoms with Gasteiger partial charge in [0, 0.05) is 0 Å². The molecular formula is C14H20O2. The van der Waals surface area contributed by atoms with Crippen LogP contribution in [0.4, 0.5) is 0 Å². The summed E-state index contributed by atoms with van der Waals surface area (Å²) in [7, 11) is 1.45. The molecule has 0 aliphatic carbocycles. The molecule has 0 aromatic heterocycles. The summed E-state index contributed by atoms with van der Waals surface area (Å²) in [6.07, 6.45) is 0.774. The largest absolute Gasteiger partial charge is 0.469 e. The van der Waals surface area contributed by atoms with Crippen molar-refractivity contribution in [2.24, 2.45) is 0 Å². The Morgan fingerprint density at radius 2 is 1.88 bits per heavy atom. The van der Waals surface area contributed by atoms with Gasteiger partial charge in [0.15, 0.2) is 0 Å². The number of aryl methyl sites for hydroxylation is 1. The predicted molar refractivity (Wildman–Crippen MR) is 65.7 cm³/mol. The molecule has 1 aromatic carbocycles. The molecule has 0 saturated heterocycles. The van der Waals surface area contributed by atoms with E-state index in [-0.39, 0.29) is 11.9 Å². The molecule has 0 fully saturated rings. The van der Waals surface area contributed by atoms with Crippen molar-refractivity contribution < 1.29 is 9.53 Å². The maximum atomic E-state index is 11.7. The third-order valence-electron chi connectivity index (χ3n) is 3.37. The van der Waals surface area contributed by atoms with Crippen molar-refractivity contribution >= 4 is 5.97 Å². The summed E-state index contributed by atoms with van der Waals surface area (Å²) in [6, 6.07) is 4.12. The Hall–Kier alpha value is -1.31. The van der Waals surface area contributed by atoms with Gasteiger partial charge in [0.1, 0.15) is 0 Å². The van der Waals surface area contributed by atoms with Gasteiger partial charge < -0.3 is 4.74 Å². The van der Waals surface area contributed by atoms with E-state index in [4.69, 9.17) is 4.74 Å². The summed E-state index contributed by atoms with van der Waals surface area (Å²) < 4.78 is 4.84. The molecule has 1 atom stereocenters. The first-order valence-electron chi connectivity index (χ1n) is 5.67. The summed E-state index contributed by atoms with van der Waals surface area (Å²) in [5.41, 5.74) is 4.83. The van der Waals surface area contributed by atoms with E-state index in [1.165, 1.54) is 23.8 Å². The number of esters is 1. The lowest BCUT2D eigenvalue weighted by Crippen LogP contribution is -2.15. The third kappa shape index (κ3) is 2.26. The lowest BCUT2D eigenvalue weighted by atomic mass is 9.89. The Bertz CT molecular complexity index is 394. The molecule has 2 nitrogen and oxygen atoms in total. The number of rotatable bonds is 3. The molecule has 0 aliphatic rings. The Balaban J connectivity index is 3.21. The summed E-state index contributed by atoms with van der Waals surface area (Å²) >= 11 is 0. The summed E-state index contributed by atoms with van der Waals surface area (Å²) in [6.45, 7) is 8.27. The number of hydrogen-bond donors (Lipinski definition) is 0. The average Bonchev–Trinajstić information content (AvgIpc) is 2.29. The maximum absolute atomic E-state index is 11.7. The normalized spacial score (nSPS) is 12.3. The topological polar surface area (TPSA) is 26.3 Å². The minimum absolute atomic E-state index is 0.135. The van der Waals surface area contributed by atoms with Crippen molar-refractivity contribution in [1.29, 1.82) is 0 Å². The van der Waals surface area contributed by atoms with Gasteiger partial charge in [-0.25, -0.2) is 0 Å². The van der Waals surface area contributed by atoms with Crippen molar-refractivity contribution in [3.05, 3.63) is 34.4 Å². The van der Waals surface area contributed by atoms with Crippen molar-refractivity contribution in [1.82, 2.24) is 0 Å². The lowest BCUT2D eigenvalue weighted by molar-refractivity contribution is -0.142. The van der Waals surface area contributed by atoms with Crippen LogP contribution in [0.5, 0.6) is 0 Å². The molecule has 16 heavy (non-hydrogen) atoms. The summed E-state index contributed by atoms with van der Waals surface area (Å²) in [4.78, 5) is 11.7. The van der Waals surface area contributed by atoms with Crippen molar-refractivity contribution in [3.8, 4) is 0 Å². The van der Waals surface area contributed by atoms with E-state index in [1.54, 1.807) is 0 Å².